The summed E-state index contributed by atoms with van der Waals surface area (Å²) < 4.78 is 1.92. The first kappa shape index (κ1) is 15.7. The molecular weight excluding hydrogens is 290 g/mol. The molecule has 0 bridgehead atoms. The lowest BCUT2D eigenvalue weighted by Crippen LogP contribution is -2.30. The Morgan fingerprint density at radius 2 is 2.17 bits per heavy atom. The van der Waals surface area contributed by atoms with Crippen molar-refractivity contribution in [1.29, 1.82) is 0 Å². The number of para-hydroxylation sites is 1. The molecule has 122 valence electrons. The lowest BCUT2D eigenvalue weighted by Gasteiger charge is -2.16. The number of nitrogens with zero attached hydrogens (tertiary/aromatic N) is 3. The van der Waals surface area contributed by atoms with Crippen molar-refractivity contribution in [2.45, 2.75) is 39.2 Å². The van der Waals surface area contributed by atoms with Crippen molar-refractivity contribution in [3.8, 4) is 0 Å². The maximum atomic E-state index is 12.9. The monoisotopic (exact) mass is 313 g/mol. The first-order valence-electron chi connectivity index (χ1n) is 8.14. The minimum absolute atomic E-state index is 0.0205. The van der Waals surface area contributed by atoms with Crippen LogP contribution in [0.1, 0.15) is 54.0 Å². The van der Waals surface area contributed by atoms with E-state index in [1.54, 1.807) is 4.90 Å². The second kappa shape index (κ2) is 6.16. The number of carbonyl (C=O) groups excluding carboxylic acids is 1. The quantitative estimate of drug-likeness (QED) is 0.944. The van der Waals surface area contributed by atoms with E-state index in [2.05, 4.69) is 18.9 Å². The van der Waals surface area contributed by atoms with Gasteiger partial charge in [0.15, 0.2) is 5.69 Å². The SMILES string of the molecule is CCC(C)n1nc(C(=O)N2CC(CO)c3ccccc32)cc1C. The molecule has 5 heteroatoms. The van der Waals surface area contributed by atoms with Gasteiger partial charge < -0.3 is 10.0 Å². The minimum Gasteiger partial charge on any atom is -0.396 e. The molecule has 0 saturated carbocycles. The van der Waals surface area contributed by atoms with Crippen LogP contribution in [0.2, 0.25) is 0 Å². The van der Waals surface area contributed by atoms with Gasteiger partial charge in [-0.3, -0.25) is 9.48 Å². The third kappa shape index (κ3) is 2.65. The van der Waals surface area contributed by atoms with E-state index in [9.17, 15) is 9.90 Å². The van der Waals surface area contributed by atoms with E-state index in [1.165, 1.54) is 0 Å². The molecule has 1 aromatic heterocycles. The molecule has 5 nitrogen and oxygen atoms in total. The molecule has 1 N–H and O–H groups in total. The summed E-state index contributed by atoms with van der Waals surface area (Å²) in [5, 5.41) is 14.1. The van der Waals surface area contributed by atoms with E-state index in [0.29, 0.717) is 12.2 Å². The molecule has 0 saturated heterocycles. The van der Waals surface area contributed by atoms with Gasteiger partial charge in [-0.1, -0.05) is 25.1 Å². The number of hydrogen-bond acceptors (Lipinski definition) is 3. The van der Waals surface area contributed by atoms with Gasteiger partial charge in [-0.2, -0.15) is 5.10 Å². The summed E-state index contributed by atoms with van der Waals surface area (Å²) in [5.41, 5.74) is 3.37. The fourth-order valence-electron chi connectivity index (χ4n) is 3.19. The number of anilines is 1. The Balaban J connectivity index is 1.93. The predicted molar refractivity (Wildman–Crippen MR) is 89.9 cm³/mol. The molecule has 23 heavy (non-hydrogen) atoms. The summed E-state index contributed by atoms with van der Waals surface area (Å²) in [6.45, 7) is 6.73. The smallest absolute Gasteiger partial charge is 0.278 e. The molecule has 1 aromatic carbocycles. The zero-order valence-corrected chi connectivity index (χ0v) is 13.9. The van der Waals surface area contributed by atoms with Gasteiger partial charge in [0, 0.05) is 29.9 Å². The van der Waals surface area contributed by atoms with Gasteiger partial charge in [0.2, 0.25) is 0 Å². The summed E-state index contributed by atoms with van der Waals surface area (Å²) in [5.74, 6) is -0.119. The second-order valence-corrected chi connectivity index (χ2v) is 6.23. The van der Waals surface area contributed by atoms with Crippen LogP contribution >= 0.6 is 0 Å². The summed E-state index contributed by atoms with van der Waals surface area (Å²) in [7, 11) is 0. The van der Waals surface area contributed by atoms with Crippen LogP contribution in [-0.4, -0.2) is 33.9 Å². The largest absolute Gasteiger partial charge is 0.396 e. The van der Waals surface area contributed by atoms with Gasteiger partial charge in [0.25, 0.3) is 5.91 Å². The molecule has 3 rings (SSSR count). The summed E-state index contributed by atoms with van der Waals surface area (Å²) >= 11 is 0. The van der Waals surface area contributed by atoms with Crippen molar-refractivity contribution in [2.24, 2.45) is 0 Å². The zero-order valence-electron chi connectivity index (χ0n) is 13.9. The minimum atomic E-state index is -0.0986. The van der Waals surface area contributed by atoms with Crippen molar-refractivity contribution < 1.29 is 9.90 Å². The standard InChI is InChI=1S/C18H23N3O2/c1-4-12(2)21-13(3)9-16(19-21)18(23)20-10-14(11-22)15-7-5-6-8-17(15)20/h5-9,12,14,22H,4,10-11H2,1-3H3. The fraction of sp³-hybridized carbons (Fsp3) is 0.444. The van der Waals surface area contributed by atoms with Crippen LogP contribution in [0, 0.1) is 6.92 Å². The molecule has 1 amide bonds. The highest BCUT2D eigenvalue weighted by molar-refractivity contribution is 6.06. The molecule has 0 aliphatic carbocycles. The molecule has 2 atom stereocenters. The maximum Gasteiger partial charge on any atom is 0.278 e. The molecule has 1 aliphatic rings. The molecule has 2 heterocycles. The van der Waals surface area contributed by atoms with Crippen LogP contribution in [0.5, 0.6) is 0 Å². The van der Waals surface area contributed by atoms with Gasteiger partial charge in [-0.25, -0.2) is 0 Å². The lowest BCUT2D eigenvalue weighted by molar-refractivity contribution is 0.0981. The maximum absolute atomic E-state index is 12.9. The fourth-order valence-corrected chi connectivity index (χ4v) is 3.19. The third-order valence-corrected chi connectivity index (χ3v) is 4.69. The number of aromatic nitrogens is 2. The van der Waals surface area contributed by atoms with E-state index in [-0.39, 0.29) is 24.5 Å². The highest BCUT2D eigenvalue weighted by Gasteiger charge is 2.33. The molecule has 1 aliphatic heterocycles. The van der Waals surface area contributed by atoms with E-state index in [4.69, 9.17) is 0 Å². The molecule has 2 unspecified atom stereocenters. The number of aliphatic hydroxyl groups is 1. The second-order valence-electron chi connectivity index (χ2n) is 6.23. The van der Waals surface area contributed by atoms with Crippen molar-refractivity contribution in [3.63, 3.8) is 0 Å². The van der Waals surface area contributed by atoms with Crippen molar-refractivity contribution in [1.82, 2.24) is 9.78 Å². The van der Waals surface area contributed by atoms with Gasteiger partial charge in [0.05, 0.1) is 6.61 Å². The Kier molecular flexibility index (Phi) is 4.22. The van der Waals surface area contributed by atoms with Crippen LogP contribution < -0.4 is 4.90 Å². The Labute approximate surface area is 136 Å². The predicted octanol–water partition coefficient (Wildman–Crippen LogP) is 2.90. The number of benzene rings is 1. The molecular formula is C18H23N3O2. The van der Waals surface area contributed by atoms with Crippen LogP contribution in [0.4, 0.5) is 5.69 Å². The van der Waals surface area contributed by atoms with Crippen LogP contribution in [0.25, 0.3) is 0 Å². The number of carbonyl (C=O) groups is 1. The van der Waals surface area contributed by atoms with E-state index >= 15 is 0 Å². The number of amides is 1. The van der Waals surface area contributed by atoms with E-state index in [1.807, 2.05) is 41.9 Å². The number of rotatable bonds is 4. The first-order chi connectivity index (χ1) is 11.1. The average molecular weight is 313 g/mol. The van der Waals surface area contributed by atoms with E-state index in [0.717, 1.165) is 23.4 Å². The van der Waals surface area contributed by atoms with Gasteiger partial charge in [-0.05, 0) is 38.0 Å². The van der Waals surface area contributed by atoms with Gasteiger partial charge >= 0.3 is 0 Å². The number of aryl methyl sites for hydroxylation is 1. The molecule has 0 spiro atoms. The van der Waals surface area contributed by atoms with Crippen LogP contribution in [-0.2, 0) is 0 Å². The number of fused-ring (bicyclic) bond motifs is 1. The van der Waals surface area contributed by atoms with Gasteiger partial charge in [0.1, 0.15) is 0 Å². The average Bonchev–Trinajstić information content (AvgIpc) is 3.14. The summed E-state index contributed by atoms with van der Waals surface area (Å²) in [4.78, 5) is 14.7. The first-order valence-corrected chi connectivity index (χ1v) is 8.14. The highest BCUT2D eigenvalue weighted by Crippen LogP contribution is 2.36. The Bertz CT molecular complexity index is 723. The lowest BCUT2D eigenvalue weighted by atomic mass is 10.0. The Hall–Kier alpha value is -2.14. The van der Waals surface area contributed by atoms with Crippen LogP contribution in [0.3, 0.4) is 0 Å². The van der Waals surface area contributed by atoms with E-state index < -0.39 is 0 Å². The third-order valence-electron chi connectivity index (χ3n) is 4.69. The topological polar surface area (TPSA) is 58.4 Å². The van der Waals surface area contributed by atoms with Crippen molar-refractivity contribution in [3.05, 3.63) is 47.3 Å². The molecule has 0 radical (unpaired) electrons. The normalized spacial score (nSPS) is 18.1. The zero-order chi connectivity index (χ0) is 16.6. The number of hydrogen-bond donors (Lipinski definition) is 1. The Morgan fingerprint density at radius 1 is 1.43 bits per heavy atom. The van der Waals surface area contributed by atoms with Crippen molar-refractivity contribution in [2.75, 3.05) is 18.1 Å². The molecule has 0 fully saturated rings. The van der Waals surface area contributed by atoms with Crippen LogP contribution in [0.15, 0.2) is 30.3 Å². The molecule has 2 aromatic rings. The Morgan fingerprint density at radius 3 is 2.87 bits per heavy atom. The number of aliphatic hydroxyl groups excluding tert-OH is 1. The summed E-state index contributed by atoms with van der Waals surface area (Å²) in [6, 6.07) is 9.89. The van der Waals surface area contributed by atoms with Crippen molar-refractivity contribution >= 4 is 11.6 Å². The highest BCUT2D eigenvalue weighted by atomic mass is 16.3. The van der Waals surface area contributed by atoms with Gasteiger partial charge in [-0.15, -0.1) is 0 Å². The summed E-state index contributed by atoms with van der Waals surface area (Å²) in [6.07, 6.45) is 0.968.